The Morgan fingerprint density at radius 2 is 2.08 bits per heavy atom. The molecule has 0 aromatic heterocycles. The van der Waals surface area contributed by atoms with E-state index >= 15 is 0 Å². The van der Waals surface area contributed by atoms with Gasteiger partial charge in [-0.25, -0.2) is 4.39 Å². The average molecular weight is 160 g/mol. The monoisotopic (exact) mass is 160 g/mol. The minimum absolute atomic E-state index is 0.108. The summed E-state index contributed by atoms with van der Waals surface area (Å²) in [5.74, 6) is -0.108. The molecule has 3 rings (SSSR count). The molecule has 60 valence electrons. The number of hydrogen-bond acceptors (Lipinski definition) is 0. The molecule has 0 amide bonds. The topological polar surface area (TPSA) is 0 Å². The van der Waals surface area contributed by atoms with Crippen molar-refractivity contribution in [2.24, 2.45) is 0 Å². The molecule has 0 heterocycles. The quantitative estimate of drug-likeness (QED) is 0.547. The zero-order valence-electron chi connectivity index (χ0n) is 6.68. The van der Waals surface area contributed by atoms with Gasteiger partial charge in [0, 0.05) is 5.41 Å². The maximum absolute atomic E-state index is 12.9. The Hall–Kier alpha value is -1.11. The fourth-order valence-corrected chi connectivity index (χ4v) is 2.01. The molecule has 0 aliphatic heterocycles. The maximum Gasteiger partial charge on any atom is 0.123 e. The van der Waals surface area contributed by atoms with E-state index in [1.54, 1.807) is 6.07 Å². The first-order chi connectivity index (χ1) is 5.80. The third-order valence-electron chi connectivity index (χ3n) is 2.92. The Morgan fingerprint density at radius 3 is 2.83 bits per heavy atom. The maximum atomic E-state index is 12.9. The summed E-state index contributed by atoms with van der Waals surface area (Å²) in [4.78, 5) is 0. The molecule has 1 saturated carbocycles. The molecule has 1 heteroatoms. The van der Waals surface area contributed by atoms with E-state index in [1.165, 1.54) is 30.0 Å². The van der Waals surface area contributed by atoms with Crippen LogP contribution in [0.2, 0.25) is 0 Å². The van der Waals surface area contributed by atoms with Crippen LogP contribution in [-0.4, -0.2) is 0 Å². The van der Waals surface area contributed by atoms with Gasteiger partial charge in [0.15, 0.2) is 0 Å². The predicted molar refractivity (Wildman–Crippen MR) is 46.3 cm³/mol. The van der Waals surface area contributed by atoms with Gasteiger partial charge in [-0.3, -0.25) is 0 Å². The van der Waals surface area contributed by atoms with Crippen molar-refractivity contribution in [3.63, 3.8) is 0 Å². The first-order valence-electron chi connectivity index (χ1n) is 4.29. The summed E-state index contributed by atoms with van der Waals surface area (Å²) in [5.41, 5.74) is 2.65. The fourth-order valence-electron chi connectivity index (χ4n) is 2.01. The number of hydrogen-bond donors (Lipinski definition) is 0. The molecule has 0 unspecified atom stereocenters. The highest BCUT2D eigenvalue weighted by Crippen LogP contribution is 2.54. The summed E-state index contributed by atoms with van der Waals surface area (Å²) in [7, 11) is 0. The van der Waals surface area contributed by atoms with Crippen LogP contribution in [0.15, 0.2) is 24.3 Å². The Balaban J connectivity index is 2.25. The van der Waals surface area contributed by atoms with Crippen molar-refractivity contribution in [1.82, 2.24) is 0 Å². The van der Waals surface area contributed by atoms with E-state index in [2.05, 4.69) is 12.2 Å². The van der Waals surface area contributed by atoms with E-state index in [9.17, 15) is 4.39 Å². The Morgan fingerprint density at radius 1 is 1.25 bits per heavy atom. The first kappa shape index (κ1) is 6.41. The van der Waals surface area contributed by atoms with Gasteiger partial charge in [0.05, 0.1) is 0 Å². The van der Waals surface area contributed by atoms with Crippen molar-refractivity contribution in [1.29, 1.82) is 0 Å². The molecule has 12 heavy (non-hydrogen) atoms. The fraction of sp³-hybridized carbons (Fsp3) is 0.273. The number of allylic oxidation sites excluding steroid dienone is 1. The highest BCUT2D eigenvalue weighted by Gasteiger charge is 2.45. The highest BCUT2D eigenvalue weighted by molar-refractivity contribution is 5.67. The van der Waals surface area contributed by atoms with Crippen LogP contribution in [0.25, 0.3) is 6.08 Å². The van der Waals surface area contributed by atoms with Crippen LogP contribution < -0.4 is 0 Å². The number of fused-ring (bicyclic) bond motifs is 2. The molecule has 2 aliphatic rings. The summed E-state index contributed by atoms with van der Waals surface area (Å²) in [5, 5.41) is 0. The summed E-state index contributed by atoms with van der Waals surface area (Å²) in [6.45, 7) is 0. The lowest BCUT2D eigenvalue weighted by molar-refractivity contribution is 0.623. The van der Waals surface area contributed by atoms with Crippen molar-refractivity contribution in [2.75, 3.05) is 0 Å². The van der Waals surface area contributed by atoms with E-state index in [0.29, 0.717) is 0 Å². The molecular weight excluding hydrogens is 151 g/mol. The SMILES string of the molecule is Fc1ccc2c(c1)C1(C=C2)CC1. The lowest BCUT2D eigenvalue weighted by Gasteiger charge is -2.06. The largest absolute Gasteiger partial charge is 0.207 e. The van der Waals surface area contributed by atoms with Crippen LogP contribution in [-0.2, 0) is 5.41 Å². The molecule has 2 aliphatic carbocycles. The molecule has 0 N–H and O–H groups in total. The van der Waals surface area contributed by atoms with Crippen molar-refractivity contribution < 1.29 is 4.39 Å². The van der Waals surface area contributed by atoms with Gasteiger partial charge in [-0.05, 0) is 36.1 Å². The van der Waals surface area contributed by atoms with Crippen molar-refractivity contribution in [3.05, 3.63) is 41.2 Å². The van der Waals surface area contributed by atoms with E-state index in [4.69, 9.17) is 0 Å². The van der Waals surface area contributed by atoms with Crippen LogP contribution in [0, 0.1) is 5.82 Å². The second-order valence-corrected chi connectivity index (χ2v) is 3.72. The van der Waals surface area contributed by atoms with Gasteiger partial charge in [-0.15, -0.1) is 0 Å². The van der Waals surface area contributed by atoms with E-state index in [-0.39, 0.29) is 11.2 Å². The zero-order chi connectivity index (χ0) is 8.18. The zero-order valence-corrected chi connectivity index (χ0v) is 6.68. The van der Waals surface area contributed by atoms with E-state index in [1.807, 2.05) is 6.07 Å². The Kier molecular flexibility index (Phi) is 0.957. The van der Waals surface area contributed by atoms with Gasteiger partial charge in [0.25, 0.3) is 0 Å². The smallest absolute Gasteiger partial charge is 0.123 e. The normalized spacial score (nSPS) is 21.4. The average Bonchev–Trinajstić information content (AvgIpc) is 2.74. The van der Waals surface area contributed by atoms with Gasteiger partial charge in [0.1, 0.15) is 5.82 Å². The van der Waals surface area contributed by atoms with E-state index < -0.39 is 0 Å². The van der Waals surface area contributed by atoms with Gasteiger partial charge < -0.3 is 0 Å². The van der Waals surface area contributed by atoms with Crippen molar-refractivity contribution in [2.45, 2.75) is 18.3 Å². The standard InChI is InChI=1S/C11H9F/c12-9-2-1-8-3-4-11(5-6-11)10(8)7-9/h1-4,7H,5-6H2. The molecule has 0 bridgehead atoms. The molecule has 0 atom stereocenters. The van der Waals surface area contributed by atoms with Gasteiger partial charge in [0.2, 0.25) is 0 Å². The van der Waals surface area contributed by atoms with Gasteiger partial charge in [-0.2, -0.15) is 0 Å². The molecule has 1 spiro atoms. The van der Waals surface area contributed by atoms with Crippen LogP contribution in [0.5, 0.6) is 0 Å². The van der Waals surface area contributed by atoms with Gasteiger partial charge in [-0.1, -0.05) is 18.2 Å². The minimum Gasteiger partial charge on any atom is -0.207 e. The molecular formula is C11H9F. The van der Waals surface area contributed by atoms with Crippen LogP contribution in [0.4, 0.5) is 4.39 Å². The highest BCUT2D eigenvalue weighted by atomic mass is 19.1. The Labute approximate surface area is 70.7 Å². The third kappa shape index (κ3) is 0.663. The second-order valence-electron chi connectivity index (χ2n) is 3.72. The van der Waals surface area contributed by atoms with Gasteiger partial charge >= 0.3 is 0 Å². The Bertz CT molecular complexity index is 373. The molecule has 1 aromatic rings. The molecule has 0 radical (unpaired) electrons. The molecule has 0 saturated heterocycles. The number of rotatable bonds is 0. The minimum atomic E-state index is -0.108. The van der Waals surface area contributed by atoms with Crippen LogP contribution in [0.3, 0.4) is 0 Å². The number of benzene rings is 1. The predicted octanol–water partition coefficient (Wildman–Crippen LogP) is 2.88. The summed E-state index contributed by atoms with van der Waals surface area (Å²) < 4.78 is 12.9. The van der Waals surface area contributed by atoms with E-state index in [0.717, 1.165) is 0 Å². The summed E-state index contributed by atoms with van der Waals surface area (Å²) in [6, 6.07) is 5.08. The number of halogens is 1. The van der Waals surface area contributed by atoms with Crippen molar-refractivity contribution >= 4 is 6.08 Å². The van der Waals surface area contributed by atoms with Crippen LogP contribution in [0.1, 0.15) is 24.0 Å². The van der Waals surface area contributed by atoms with Crippen molar-refractivity contribution in [3.8, 4) is 0 Å². The second kappa shape index (κ2) is 1.79. The first-order valence-corrected chi connectivity index (χ1v) is 4.29. The van der Waals surface area contributed by atoms with Crippen LogP contribution >= 0.6 is 0 Å². The molecule has 1 fully saturated rings. The third-order valence-corrected chi connectivity index (χ3v) is 2.92. The lowest BCUT2D eigenvalue weighted by atomic mass is 9.98. The molecule has 0 nitrogen and oxygen atoms in total. The molecule has 1 aromatic carbocycles. The summed E-state index contributed by atoms with van der Waals surface area (Å²) in [6.07, 6.45) is 6.72. The lowest BCUT2D eigenvalue weighted by Crippen LogP contribution is -1.99. The summed E-state index contributed by atoms with van der Waals surface area (Å²) >= 11 is 0.